The van der Waals surface area contributed by atoms with Crippen LogP contribution in [0.4, 0.5) is 5.82 Å². The van der Waals surface area contributed by atoms with E-state index in [9.17, 15) is 0 Å². The molecule has 1 aromatic rings. The molecule has 0 aromatic carbocycles. The molecule has 0 amide bonds. The van der Waals surface area contributed by atoms with Crippen molar-refractivity contribution >= 4 is 5.82 Å². The van der Waals surface area contributed by atoms with Crippen LogP contribution in [0.1, 0.15) is 19.8 Å². The van der Waals surface area contributed by atoms with Gasteiger partial charge in [-0.3, -0.25) is 4.98 Å². The van der Waals surface area contributed by atoms with Crippen LogP contribution >= 0.6 is 0 Å². The lowest BCUT2D eigenvalue weighted by Gasteiger charge is -2.35. The van der Waals surface area contributed by atoms with Crippen molar-refractivity contribution in [3.05, 3.63) is 18.6 Å². The number of nitrogens with one attached hydrogen (secondary N) is 1. The van der Waals surface area contributed by atoms with Crippen LogP contribution < -0.4 is 5.32 Å². The van der Waals surface area contributed by atoms with Gasteiger partial charge in [-0.1, -0.05) is 0 Å². The lowest BCUT2D eigenvalue weighted by atomic mass is 9.99. The third kappa shape index (κ3) is 2.65. The van der Waals surface area contributed by atoms with Crippen LogP contribution in [0.2, 0.25) is 0 Å². The molecule has 1 N–H and O–H groups in total. The normalized spacial score (nSPS) is 27.6. The SMILES string of the molecule is CC1CC(Nc2cnccn2)CCN1C. The molecule has 1 fully saturated rings. The van der Waals surface area contributed by atoms with Crippen LogP contribution in [-0.4, -0.2) is 40.5 Å². The van der Waals surface area contributed by atoms with Crippen molar-refractivity contribution in [2.75, 3.05) is 18.9 Å². The number of hydrogen-bond acceptors (Lipinski definition) is 4. The Labute approximate surface area is 90.7 Å². The molecule has 1 aliphatic heterocycles. The molecule has 2 unspecified atom stereocenters. The van der Waals surface area contributed by atoms with Gasteiger partial charge in [0.2, 0.25) is 0 Å². The van der Waals surface area contributed by atoms with Gasteiger partial charge in [0.05, 0.1) is 6.20 Å². The third-order valence-electron chi connectivity index (χ3n) is 3.12. The highest BCUT2D eigenvalue weighted by Gasteiger charge is 2.22. The summed E-state index contributed by atoms with van der Waals surface area (Å²) in [6.07, 6.45) is 7.55. The Morgan fingerprint density at radius 3 is 3.00 bits per heavy atom. The monoisotopic (exact) mass is 206 g/mol. The summed E-state index contributed by atoms with van der Waals surface area (Å²) in [5, 5.41) is 3.43. The van der Waals surface area contributed by atoms with Crippen LogP contribution in [0.25, 0.3) is 0 Å². The molecule has 1 aliphatic rings. The highest BCUT2D eigenvalue weighted by atomic mass is 15.2. The summed E-state index contributed by atoms with van der Waals surface area (Å²) in [7, 11) is 2.18. The Kier molecular flexibility index (Phi) is 3.16. The van der Waals surface area contributed by atoms with Gasteiger partial charge in [0.25, 0.3) is 0 Å². The van der Waals surface area contributed by atoms with Crippen LogP contribution in [0.3, 0.4) is 0 Å². The van der Waals surface area contributed by atoms with Crippen molar-refractivity contribution in [2.45, 2.75) is 31.8 Å². The molecule has 0 spiro atoms. The summed E-state index contributed by atoms with van der Waals surface area (Å²) in [4.78, 5) is 10.7. The van der Waals surface area contributed by atoms with Gasteiger partial charge < -0.3 is 10.2 Å². The first-order valence-corrected chi connectivity index (χ1v) is 5.48. The zero-order chi connectivity index (χ0) is 10.7. The minimum Gasteiger partial charge on any atom is -0.366 e. The summed E-state index contributed by atoms with van der Waals surface area (Å²) < 4.78 is 0. The first-order valence-electron chi connectivity index (χ1n) is 5.48. The van der Waals surface area contributed by atoms with Crippen molar-refractivity contribution in [2.24, 2.45) is 0 Å². The lowest BCUT2D eigenvalue weighted by molar-refractivity contribution is 0.190. The van der Waals surface area contributed by atoms with Crippen molar-refractivity contribution in [3.8, 4) is 0 Å². The van der Waals surface area contributed by atoms with Crippen molar-refractivity contribution in [3.63, 3.8) is 0 Å². The molecule has 2 heterocycles. The topological polar surface area (TPSA) is 41.1 Å². The first kappa shape index (κ1) is 10.4. The van der Waals surface area contributed by atoms with E-state index >= 15 is 0 Å². The number of aromatic nitrogens is 2. The summed E-state index contributed by atoms with van der Waals surface area (Å²) in [6.45, 7) is 3.42. The smallest absolute Gasteiger partial charge is 0.144 e. The Balaban J connectivity index is 1.91. The number of hydrogen-bond donors (Lipinski definition) is 1. The summed E-state index contributed by atoms with van der Waals surface area (Å²) in [5.74, 6) is 0.888. The van der Waals surface area contributed by atoms with Gasteiger partial charge in [0, 0.05) is 31.0 Å². The average Bonchev–Trinajstić information content (AvgIpc) is 2.25. The highest BCUT2D eigenvalue weighted by molar-refractivity contribution is 5.31. The number of likely N-dealkylation sites (tertiary alicyclic amines) is 1. The molecule has 0 saturated carbocycles. The number of nitrogens with zero attached hydrogens (tertiary/aromatic N) is 3. The van der Waals surface area contributed by atoms with Gasteiger partial charge in [0.15, 0.2) is 0 Å². The van der Waals surface area contributed by atoms with E-state index in [1.54, 1.807) is 18.6 Å². The molecule has 0 bridgehead atoms. The molecular formula is C11H18N4. The standard InChI is InChI=1S/C11H18N4/c1-9-7-10(3-6-15(9)2)14-11-8-12-4-5-13-11/h4-5,8-10H,3,6-7H2,1-2H3,(H,13,14). The van der Waals surface area contributed by atoms with Gasteiger partial charge in [-0.2, -0.15) is 0 Å². The molecule has 1 saturated heterocycles. The van der Waals surface area contributed by atoms with Gasteiger partial charge in [-0.05, 0) is 26.8 Å². The average molecular weight is 206 g/mol. The largest absolute Gasteiger partial charge is 0.366 e. The third-order valence-corrected chi connectivity index (χ3v) is 3.12. The second-order valence-corrected chi connectivity index (χ2v) is 4.29. The van der Waals surface area contributed by atoms with Gasteiger partial charge >= 0.3 is 0 Å². The van der Waals surface area contributed by atoms with Crippen LogP contribution in [0.5, 0.6) is 0 Å². The van der Waals surface area contributed by atoms with Crippen molar-refractivity contribution < 1.29 is 0 Å². The van der Waals surface area contributed by atoms with E-state index in [0.29, 0.717) is 12.1 Å². The maximum Gasteiger partial charge on any atom is 0.144 e. The second kappa shape index (κ2) is 4.57. The van der Waals surface area contributed by atoms with Crippen LogP contribution in [-0.2, 0) is 0 Å². The van der Waals surface area contributed by atoms with Crippen LogP contribution in [0.15, 0.2) is 18.6 Å². The lowest BCUT2D eigenvalue weighted by Crippen LogP contribution is -2.42. The van der Waals surface area contributed by atoms with Gasteiger partial charge in [-0.15, -0.1) is 0 Å². The molecule has 1 aromatic heterocycles. The number of piperidine rings is 1. The summed E-state index contributed by atoms with van der Waals surface area (Å²) in [6, 6.07) is 1.18. The Morgan fingerprint density at radius 2 is 2.33 bits per heavy atom. The van der Waals surface area contributed by atoms with E-state index in [1.165, 1.54) is 12.8 Å². The fourth-order valence-electron chi connectivity index (χ4n) is 2.00. The predicted octanol–water partition coefficient (Wildman–Crippen LogP) is 1.37. The molecule has 15 heavy (non-hydrogen) atoms. The fourth-order valence-corrected chi connectivity index (χ4v) is 2.00. The molecule has 0 radical (unpaired) electrons. The fraction of sp³-hybridized carbons (Fsp3) is 0.636. The van der Waals surface area contributed by atoms with E-state index in [4.69, 9.17) is 0 Å². The maximum atomic E-state index is 4.23. The van der Waals surface area contributed by atoms with Gasteiger partial charge in [0.1, 0.15) is 5.82 Å². The van der Waals surface area contributed by atoms with E-state index in [0.717, 1.165) is 12.4 Å². The summed E-state index contributed by atoms with van der Waals surface area (Å²) in [5.41, 5.74) is 0. The maximum absolute atomic E-state index is 4.23. The minimum absolute atomic E-state index is 0.535. The quantitative estimate of drug-likeness (QED) is 0.793. The molecule has 4 nitrogen and oxygen atoms in total. The van der Waals surface area contributed by atoms with E-state index < -0.39 is 0 Å². The molecule has 4 heteroatoms. The number of anilines is 1. The van der Waals surface area contributed by atoms with E-state index in [1.807, 2.05) is 0 Å². The summed E-state index contributed by atoms with van der Waals surface area (Å²) >= 11 is 0. The van der Waals surface area contributed by atoms with E-state index in [2.05, 4.69) is 34.2 Å². The predicted molar refractivity (Wildman–Crippen MR) is 60.8 cm³/mol. The second-order valence-electron chi connectivity index (χ2n) is 4.29. The van der Waals surface area contributed by atoms with E-state index in [-0.39, 0.29) is 0 Å². The molecular weight excluding hydrogens is 188 g/mol. The number of rotatable bonds is 2. The zero-order valence-electron chi connectivity index (χ0n) is 9.35. The molecule has 2 rings (SSSR count). The van der Waals surface area contributed by atoms with Gasteiger partial charge in [-0.25, -0.2) is 4.98 Å². The van der Waals surface area contributed by atoms with Crippen LogP contribution in [0, 0.1) is 0 Å². The molecule has 2 atom stereocenters. The minimum atomic E-state index is 0.535. The highest BCUT2D eigenvalue weighted by Crippen LogP contribution is 2.18. The Bertz CT molecular complexity index is 301. The Morgan fingerprint density at radius 1 is 1.47 bits per heavy atom. The zero-order valence-corrected chi connectivity index (χ0v) is 9.35. The molecule has 82 valence electrons. The van der Waals surface area contributed by atoms with Crippen molar-refractivity contribution in [1.82, 2.24) is 14.9 Å². The first-order chi connectivity index (χ1) is 7.25. The molecule has 0 aliphatic carbocycles. The van der Waals surface area contributed by atoms with Crippen molar-refractivity contribution in [1.29, 1.82) is 0 Å². The Hall–Kier alpha value is -1.16.